The van der Waals surface area contributed by atoms with Crippen LogP contribution in [0.15, 0.2) is 47.6 Å². The maximum Gasteiger partial charge on any atom is 0.218 e. The van der Waals surface area contributed by atoms with E-state index in [4.69, 9.17) is 15.2 Å². The summed E-state index contributed by atoms with van der Waals surface area (Å²) in [7, 11) is 1.64. The minimum atomic E-state index is 0.271. The molecule has 6 nitrogen and oxygen atoms in total. The Morgan fingerprint density at radius 2 is 2.00 bits per heavy atom. The molecule has 0 atom stereocenters. The molecule has 25 heavy (non-hydrogen) atoms. The molecule has 3 rings (SSSR count). The zero-order valence-electron chi connectivity index (χ0n) is 14.4. The Hall–Kier alpha value is -2.76. The van der Waals surface area contributed by atoms with Crippen molar-refractivity contribution < 1.29 is 9.47 Å². The first-order valence-electron chi connectivity index (χ1n) is 8.56. The van der Waals surface area contributed by atoms with E-state index in [0.717, 1.165) is 29.8 Å². The summed E-state index contributed by atoms with van der Waals surface area (Å²) in [6.45, 7) is 0.422. The van der Waals surface area contributed by atoms with Gasteiger partial charge in [-0.05, 0) is 56.0 Å². The monoisotopic (exact) mass is 340 g/mol. The number of ether oxygens (including phenoxy) is 2. The van der Waals surface area contributed by atoms with Crippen LogP contribution in [0, 0.1) is 0 Å². The molecule has 0 radical (unpaired) electrons. The van der Waals surface area contributed by atoms with E-state index < -0.39 is 0 Å². The third kappa shape index (κ3) is 4.86. The fourth-order valence-corrected chi connectivity index (χ4v) is 2.85. The Morgan fingerprint density at radius 1 is 1.24 bits per heavy atom. The Kier molecular flexibility index (Phi) is 5.72. The SMILES string of the molecule is COc1ccc(NC(N)=NCc2cccnc2OC2CCCC2)cc1. The summed E-state index contributed by atoms with van der Waals surface area (Å²) in [5.41, 5.74) is 7.78. The lowest BCUT2D eigenvalue weighted by Crippen LogP contribution is -2.22. The first-order chi connectivity index (χ1) is 12.2. The van der Waals surface area contributed by atoms with Gasteiger partial charge in [0.25, 0.3) is 0 Å². The molecule has 1 aliphatic rings. The van der Waals surface area contributed by atoms with Crippen molar-refractivity contribution in [1.29, 1.82) is 0 Å². The highest BCUT2D eigenvalue weighted by molar-refractivity contribution is 5.92. The number of aromatic nitrogens is 1. The summed E-state index contributed by atoms with van der Waals surface area (Å²) < 4.78 is 11.2. The van der Waals surface area contributed by atoms with Gasteiger partial charge in [0.15, 0.2) is 5.96 Å². The van der Waals surface area contributed by atoms with Gasteiger partial charge in [-0.25, -0.2) is 9.98 Å². The molecule has 132 valence electrons. The van der Waals surface area contributed by atoms with Crippen molar-refractivity contribution in [3.8, 4) is 11.6 Å². The molecule has 6 heteroatoms. The van der Waals surface area contributed by atoms with Crippen LogP contribution in [0.25, 0.3) is 0 Å². The average Bonchev–Trinajstić information content (AvgIpc) is 3.15. The molecule has 3 N–H and O–H groups in total. The van der Waals surface area contributed by atoms with Gasteiger partial charge in [0.1, 0.15) is 11.9 Å². The zero-order chi connectivity index (χ0) is 17.5. The van der Waals surface area contributed by atoms with Crippen LogP contribution in [0.4, 0.5) is 5.69 Å². The van der Waals surface area contributed by atoms with Crippen molar-refractivity contribution in [1.82, 2.24) is 4.98 Å². The number of methoxy groups -OCH3 is 1. The van der Waals surface area contributed by atoms with E-state index in [9.17, 15) is 0 Å². The molecule has 0 aliphatic heterocycles. The largest absolute Gasteiger partial charge is 0.497 e. The summed E-state index contributed by atoms with van der Waals surface area (Å²) in [5, 5.41) is 3.07. The highest BCUT2D eigenvalue weighted by Crippen LogP contribution is 2.25. The highest BCUT2D eigenvalue weighted by Gasteiger charge is 2.18. The van der Waals surface area contributed by atoms with Crippen molar-refractivity contribution in [2.45, 2.75) is 38.3 Å². The normalized spacial score (nSPS) is 15.2. The molecule has 1 aliphatic carbocycles. The lowest BCUT2D eigenvalue weighted by Gasteiger charge is -2.14. The number of benzene rings is 1. The molecule has 0 bridgehead atoms. The molecule has 1 aromatic carbocycles. The number of nitrogens with zero attached hydrogens (tertiary/aromatic N) is 2. The second-order valence-electron chi connectivity index (χ2n) is 6.05. The smallest absolute Gasteiger partial charge is 0.218 e. The molecule has 0 amide bonds. The fraction of sp³-hybridized carbons (Fsp3) is 0.368. The number of nitrogens with two attached hydrogens (primary N) is 1. The van der Waals surface area contributed by atoms with Gasteiger partial charge in [-0.2, -0.15) is 0 Å². The van der Waals surface area contributed by atoms with E-state index in [0.29, 0.717) is 18.4 Å². The van der Waals surface area contributed by atoms with Crippen molar-refractivity contribution in [3.05, 3.63) is 48.2 Å². The van der Waals surface area contributed by atoms with Gasteiger partial charge < -0.3 is 20.5 Å². The lowest BCUT2D eigenvalue weighted by molar-refractivity contribution is 0.199. The first kappa shape index (κ1) is 17.1. The third-order valence-corrected chi connectivity index (χ3v) is 4.21. The number of aliphatic imine (C=N–C) groups is 1. The summed E-state index contributed by atoms with van der Waals surface area (Å²) in [4.78, 5) is 8.76. The summed E-state index contributed by atoms with van der Waals surface area (Å²) in [5.74, 6) is 1.81. The Balaban J connectivity index is 1.61. The number of hydrogen-bond acceptors (Lipinski definition) is 4. The van der Waals surface area contributed by atoms with E-state index in [1.807, 2.05) is 36.4 Å². The van der Waals surface area contributed by atoms with Gasteiger partial charge in [-0.1, -0.05) is 6.07 Å². The maximum absolute atomic E-state index is 6.03. The Labute approximate surface area is 148 Å². The minimum absolute atomic E-state index is 0.271. The maximum atomic E-state index is 6.03. The second kappa shape index (κ2) is 8.37. The van der Waals surface area contributed by atoms with E-state index in [2.05, 4.69) is 15.3 Å². The summed E-state index contributed by atoms with van der Waals surface area (Å²) in [6, 6.07) is 11.4. The summed E-state index contributed by atoms with van der Waals surface area (Å²) in [6.07, 6.45) is 6.66. The number of nitrogens with one attached hydrogen (secondary N) is 1. The van der Waals surface area contributed by atoms with Gasteiger partial charge in [0.2, 0.25) is 5.88 Å². The van der Waals surface area contributed by atoms with Crippen molar-refractivity contribution >= 4 is 11.6 Å². The first-order valence-corrected chi connectivity index (χ1v) is 8.56. The topological polar surface area (TPSA) is 81.8 Å². The lowest BCUT2D eigenvalue weighted by atomic mass is 10.2. The van der Waals surface area contributed by atoms with Gasteiger partial charge in [0.05, 0.1) is 13.7 Å². The fourth-order valence-electron chi connectivity index (χ4n) is 2.85. The zero-order valence-corrected chi connectivity index (χ0v) is 14.4. The molecular formula is C19H24N4O2. The van der Waals surface area contributed by atoms with Crippen LogP contribution in [0.1, 0.15) is 31.2 Å². The van der Waals surface area contributed by atoms with Crippen LogP contribution >= 0.6 is 0 Å². The van der Waals surface area contributed by atoms with E-state index in [1.54, 1.807) is 13.3 Å². The van der Waals surface area contributed by atoms with Gasteiger partial charge in [-0.15, -0.1) is 0 Å². The molecule has 1 heterocycles. The highest BCUT2D eigenvalue weighted by atomic mass is 16.5. The van der Waals surface area contributed by atoms with Crippen molar-refractivity contribution in [2.24, 2.45) is 10.7 Å². The Bertz CT molecular complexity index is 710. The van der Waals surface area contributed by atoms with E-state index in [1.165, 1.54) is 12.8 Å². The molecule has 1 saturated carbocycles. The average molecular weight is 340 g/mol. The van der Waals surface area contributed by atoms with Crippen LogP contribution in [0.2, 0.25) is 0 Å². The number of anilines is 1. The van der Waals surface area contributed by atoms with E-state index in [-0.39, 0.29) is 6.10 Å². The standard InChI is InChI=1S/C19H24N4O2/c1-24-16-10-8-15(9-11-16)23-19(20)22-13-14-5-4-12-21-18(14)25-17-6-2-3-7-17/h4-5,8-12,17H,2-3,6-7,13H2,1H3,(H3,20,22,23). The quantitative estimate of drug-likeness (QED) is 0.622. The molecule has 2 aromatic rings. The minimum Gasteiger partial charge on any atom is -0.497 e. The molecular weight excluding hydrogens is 316 g/mol. The van der Waals surface area contributed by atoms with Crippen LogP contribution in [0.5, 0.6) is 11.6 Å². The molecule has 0 spiro atoms. The van der Waals surface area contributed by atoms with Crippen LogP contribution < -0.4 is 20.5 Å². The van der Waals surface area contributed by atoms with Gasteiger partial charge in [-0.3, -0.25) is 0 Å². The molecule has 1 fully saturated rings. The summed E-state index contributed by atoms with van der Waals surface area (Å²) >= 11 is 0. The van der Waals surface area contributed by atoms with E-state index >= 15 is 0 Å². The van der Waals surface area contributed by atoms with Crippen LogP contribution in [0.3, 0.4) is 0 Å². The molecule has 0 saturated heterocycles. The van der Waals surface area contributed by atoms with Gasteiger partial charge in [0, 0.05) is 17.4 Å². The predicted molar refractivity (Wildman–Crippen MR) is 99.1 cm³/mol. The Morgan fingerprint density at radius 3 is 2.72 bits per heavy atom. The predicted octanol–water partition coefficient (Wildman–Crippen LogP) is 3.34. The van der Waals surface area contributed by atoms with Crippen molar-refractivity contribution in [3.63, 3.8) is 0 Å². The molecule has 0 unspecified atom stereocenters. The van der Waals surface area contributed by atoms with Crippen LogP contribution in [-0.2, 0) is 6.54 Å². The van der Waals surface area contributed by atoms with Crippen LogP contribution in [-0.4, -0.2) is 24.2 Å². The second-order valence-corrected chi connectivity index (χ2v) is 6.05. The van der Waals surface area contributed by atoms with Gasteiger partial charge >= 0.3 is 0 Å². The number of rotatable bonds is 6. The van der Waals surface area contributed by atoms with Crippen molar-refractivity contribution in [2.75, 3.05) is 12.4 Å². The molecule has 1 aromatic heterocycles. The third-order valence-electron chi connectivity index (χ3n) is 4.21. The number of guanidine groups is 1. The number of hydrogen-bond donors (Lipinski definition) is 2. The number of pyridine rings is 1.